The smallest absolute Gasteiger partial charge is 0.119 e. The first kappa shape index (κ1) is 11.0. The van der Waals surface area contributed by atoms with Gasteiger partial charge < -0.3 is 14.6 Å². The first-order valence-corrected chi connectivity index (χ1v) is 4.68. The van der Waals surface area contributed by atoms with Crippen LogP contribution in [0.25, 0.3) is 0 Å². The van der Waals surface area contributed by atoms with Crippen molar-refractivity contribution in [2.24, 2.45) is 0 Å². The van der Waals surface area contributed by atoms with E-state index in [0.717, 1.165) is 17.7 Å². The highest BCUT2D eigenvalue weighted by Crippen LogP contribution is 2.13. The average molecular weight is 196 g/mol. The molecule has 0 aromatic heterocycles. The zero-order valence-electron chi connectivity index (χ0n) is 8.40. The van der Waals surface area contributed by atoms with E-state index >= 15 is 0 Å². The van der Waals surface area contributed by atoms with E-state index in [1.807, 2.05) is 24.3 Å². The number of aliphatic hydroxyl groups is 1. The molecule has 0 aliphatic carbocycles. The van der Waals surface area contributed by atoms with E-state index < -0.39 is 0 Å². The van der Waals surface area contributed by atoms with Gasteiger partial charge in [-0.3, -0.25) is 0 Å². The summed E-state index contributed by atoms with van der Waals surface area (Å²) in [5.41, 5.74) is 0.870. The van der Waals surface area contributed by atoms with Gasteiger partial charge in [0.05, 0.1) is 13.2 Å². The summed E-state index contributed by atoms with van der Waals surface area (Å²) in [7, 11) is 1.67. The largest absolute Gasteiger partial charge is 0.493 e. The van der Waals surface area contributed by atoms with Crippen LogP contribution in [0, 0.1) is 0 Å². The fourth-order valence-corrected chi connectivity index (χ4v) is 1.13. The van der Waals surface area contributed by atoms with Gasteiger partial charge in [-0.25, -0.2) is 0 Å². The van der Waals surface area contributed by atoms with Crippen molar-refractivity contribution in [3.05, 3.63) is 29.8 Å². The van der Waals surface area contributed by atoms with Crippen LogP contribution < -0.4 is 4.74 Å². The normalized spacial score (nSPS) is 10.1. The van der Waals surface area contributed by atoms with E-state index in [9.17, 15) is 0 Å². The zero-order chi connectivity index (χ0) is 10.2. The van der Waals surface area contributed by atoms with Gasteiger partial charge in [0.25, 0.3) is 0 Å². The van der Waals surface area contributed by atoms with Gasteiger partial charge >= 0.3 is 0 Å². The van der Waals surface area contributed by atoms with Crippen LogP contribution >= 0.6 is 0 Å². The second-order valence-corrected chi connectivity index (χ2v) is 3.00. The number of methoxy groups -OCH3 is 1. The third-order valence-corrected chi connectivity index (χ3v) is 1.84. The van der Waals surface area contributed by atoms with Gasteiger partial charge in [-0.05, 0) is 17.7 Å². The Hall–Kier alpha value is -1.06. The van der Waals surface area contributed by atoms with Crippen LogP contribution in [0.4, 0.5) is 0 Å². The van der Waals surface area contributed by atoms with Gasteiger partial charge in [-0.1, -0.05) is 12.1 Å². The van der Waals surface area contributed by atoms with E-state index in [1.165, 1.54) is 0 Å². The van der Waals surface area contributed by atoms with Crippen LogP contribution in [0.15, 0.2) is 24.3 Å². The molecule has 3 nitrogen and oxygen atoms in total. The Morgan fingerprint density at radius 1 is 1.29 bits per heavy atom. The summed E-state index contributed by atoms with van der Waals surface area (Å²) in [6.07, 6.45) is 0.875. The maximum atomic E-state index is 8.90. The van der Waals surface area contributed by atoms with Crippen molar-refractivity contribution in [2.75, 3.05) is 20.3 Å². The molecule has 1 N–H and O–H groups in total. The molecule has 1 aromatic carbocycles. The summed E-state index contributed by atoms with van der Waals surface area (Å²) < 4.78 is 10.4. The van der Waals surface area contributed by atoms with Crippen LogP contribution in [-0.4, -0.2) is 25.4 Å². The molecule has 0 amide bonds. The number of rotatable bonds is 6. The maximum absolute atomic E-state index is 8.90. The van der Waals surface area contributed by atoms with Gasteiger partial charge in [-0.2, -0.15) is 0 Å². The van der Waals surface area contributed by atoms with Crippen molar-refractivity contribution in [2.45, 2.75) is 13.0 Å². The summed E-state index contributed by atoms with van der Waals surface area (Å²) in [4.78, 5) is 0. The minimum atomic E-state index is 0.0509. The Morgan fingerprint density at radius 3 is 2.86 bits per heavy atom. The minimum Gasteiger partial charge on any atom is -0.493 e. The number of benzene rings is 1. The Balaban J connectivity index is 2.34. The minimum absolute atomic E-state index is 0.0509. The van der Waals surface area contributed by atoms with E-state index in [2.05, 4.69) is 0 Å². The highest BCUT2D eigenvalue weighted by atomic mass is 16.5. The van der Waals surface area contributed by atoms with Crippen molar-refractivity contribution >= 4 is 0 Å². The van der Waals surface area contributed by atoms with Crippen molar-refractivity contribution in [3.63, 3.8) is 0 Å². The number of hydrogen-bond donors (Lipinski definition) is 1. The van der Waals surface area contributed by atoms with E-state index in [4.69, 9.17) is 14.6 Å². The second kappa shape index (κ2) is 6.40. The lowest BCUT2D eigenvalue weighted by Gasteiger charge is -2.06. The molecule has 0 radical (unpaired) electrons. The second-order valence-electron chi connectivity index (χ2n) is 3.00. The monoisotopic (exact) mass is 196 g/mol. The SMILES string of the molecule is COCCCOc1cccc(CO)c1. The van der Waals surface area contributed by atoms with Gasteiger partial charge in [0, 0.05) is 20.1 Å². The van der Waals surface area contributed by atoms with Crippen LogP contribution in [0.2, 0.25) is 0 Å². The molecule has 1 rings (SSSR count). The predicted molar refractivity (Wildman–Crippen MR) is 54.4 cm³/mol. The molecule has 0 saturated heterocycles. The molecule has 78 valence electrons. The van der Waals surface area contributed by atoms with Crippen molar-refractivity contribution < 1.29 is 14.6 Å². The van der Waals surface area contributed by atoms with Gasteiger partial charge in [-0.15, -0.1) is 0 Å². The van der Waals surface area contributed by atoms with Gasteiger partial charge in [0.1, 0.15) is 5.75 Å². The lowest BCUT2D eigenvalue weighted by molar-refractivity contribution is 0.172. The molecule has 0 unspecified atom stereocenters. The molecule has 0 fully saturated rings. The molecule has 14 heavy (non-hydrogen) atoms. The lowest BCUT2D eigenvalue weighted by Crippen LogP contribution is -2.01. The fourth-order valence-electron chi connectivity index (χ4n) is 1.13. The quantitative estimate of drug-likeness (QED) is 0.702. The zero-order valence-corrected chi connectivity index (χ0v) is 8.40. The van der Waals surface area contributed by atoms with E-state index in [-0.39, 0.29) is 6.61 Å². The van der Waals surface area contributed by atoms with Gasteiger partial charge in [0.2, 0.25) is 0 Å². The molecule has 0 aliphatic heterocycles. The Bertz CT molecular complexity index is 260. The fraction of sp³-hybridized carbons (Fsp3) is 0.455. The van der Waals surface area contributed by atoms with Crippen molar-refractivity contribution in [1.29, 1.82) is 0 Å². The van der Waals surface area contributed by atoms with Gasteiger partial charge in [0.15, 0.2) is 0 Å². The third-order valence-electron chi connectivity index (χ3n) is 1.84. The molecule has 1 aromatic rings. The summed E-state index contributed by atoms with van der Waals surface area (Å²) in [5, 5.41) is 8.90. The molecule has 0 bridgehead atoms. The molecule has 0 aliphatic rings. The Kier molecular flexibility index (Phi) is 5.04. The summed E-state index contributed by atoms with van der Waals surface area (Å²) in [5.74, 6) is 0.799. The predicted octanol–water partition coefficient (Wildman–Crippen LogP) is 1.59. The number of hydrogen-bond acceptors (Lipinski definition) is 3. The Morgan fingerprint density at radius 2 is 2.14 bits per heavy atom. The molecular weight excluding hydrogens is 180 g/mol. The highest BCUT2D eigenvalue weighted by molar-refractivity contribution is 5.27. The third kappa shape index (κ3) is 3.77. The molecule has 0 spiro atoms. The molecule has 0 heterocycles. The van der Waals surface area contributed by atoms with Crippen LogP contribution in [0.3, 0.4) is 0 Å². The average Bonchev–Trinajstić information content (AvgIpc) is 2.25. The topological polar surface area (TPSA) is 38.7 Å². The maximum Gasteiger partial charge on any atom is 0.119 e. The number of ether oxygens (including phenoxy) is 2. The molecule has 0 atom stereocenters. The van der Waals surface area contributed by atoms with Crippen LogP contribution in [0.5, 0.6) is 5.75 Å². The van der Waals surface area contributed by atoms with Crippen molar-refractivity contribution in [3.8, 4) is 5.75 Å². The first-order valence-electron chi connectivity index (χ1n) is 4.68. The Labute approximate surface area is 84.3 Å². The van der Waals surface area contributed by atoms with E-state index in [1.54, 1.807) is 7.11 Å². The van der Waals surface area contributed by atoms with E-state index in [0.29, 0.717) is 13.2 Å². The molecule has 3 heteroatoms. The summed E-state index contributed by atoms with van der Waals surface area (Å²) >= 11 is 0. The number of aliphatic hydroxyl groups excluding tert-OH is 1. The summed E-state index contributed by atoms with van der Waals surface area (Å²) in [6, 6.07) is 7.46. The van der Waals surface area contributed by atoms with Crippen molar-refractivity contribution in [1.82, 2.24) is 0 Å². The molecule has 0 saturated carbocycles. The summed E-state index contributed by atoms with van der Waals surface area (Å²) in [6.45, 7) is 1.40. The van der Waals surface area contributed by atoms with Crippen LogP contribution in [0.1, 0.15) is 12.0 Å². The first-order chi connectivity index (χ1) is 6.86. The standard InChI is InChI=1S/C11H16O3/c1-13-6-3-7-14-11-5-2-4-10(8-11)9-12/h2,4-5,8,12H,3,6-7,9H2,1H3. The highest BCUT2D eigenvalue weighted by Gasteiger charge is 1.95. The lowest BCUT2D eigenvalue weighted by atomic mass is 10.2. The molecular formula is C11H16O3. The van der Waals surface area contributed by atoms with Crippen LogP contribution in [-0.2, 0) is 11.3 Å².